The molecule has 0 radical (unpaired) electrons. The highest BCUT2D eigenvalue weighted by Crippen LogP contribution is 2.55. The second-order valence-electron chi connectivity index (χ2n) is 11.5. The Bertz CT molecular complexity index is 1240. The Balaban J connectivity index is 1.95. The number of aromatic hydroxyl groups is 1. The molecule has 8 atom stereocenters. The average molecular weight is 515 g/mol. The van der Waals surface area contributed by atoms with Crippen molar-refractivity contribution in [1.29, 1.82) is 0 Å². The Labute approximate surface area is 214 Å². The number of phenolic OH excluding ortho intramolecular Hbond substituents is 1. The number of amides is 1. The molecule has 3 aliphatic carbocycles. The highest BCUT2D eigenvalue weighted by molar-refractivity contribution is 6.32. The molecular formula is C27H34N2O8. The molecule has 37 heavy (non-hydrogen) atoms. The van der Waals surface area contributed by atoms with Gasteiger partial charge in [0, 0.05) is 11.5 Å². The van der Waals surface area contributed by atoms with Crippen molar-refractivity contribution >= 4 is 29.0 Å². The summed E-state index contributed by atoms with van der Waals surface area (Å²) in [5, 5.41) is 34.5. The van der Waals surface area contributed by atoms with Gasteiger partial charge in [0.15, 0.2) is 34.7 Å². The SMILES string of the molecule is CCC(C)(C)c1ccc2c(c1O)C(=O)C1C(=O)[C@@]3(O)C(=O)C(C(N)=O)C(=O)[C@H](N(C)C)[C@H]3[C@H](O)[C@H]1[C@@H]2C. The van der Waals surface area contributed by atoms with Crippen LogP contribution in [0.1, 0.15) is 61.5 Å². The van der Waals surface area contributed by atoms with Crippen molar-refractivity contribution in [2.24, 2.45) is 29.4 Å². The average Bonchev–Trinajstić information content (AvgIpc) is 2.80. The van der Waals surface area contributed by atoms with Crippen molar-refractivity contribution in [3.63, 3.8) is 0 Å². The second kappa shape index (κ2) is 8.54. The third-order valence-corrected chi connectivity index (χ3v) is 9.10. The van der Waals surface area contributed by atoms with Crippen LogP contribution in [0.3, 0.4) is 0 Å². The van der Waals surface area contributed by atoms with E-state index in [4.69, 9.17) is 5.73 Å². The summed E-state index contributed by atoms with van der Waals surface area (Å²) in [6, 6.07) is 2.04. The molecule has 200 valence electrons. The number of phenols is 1. The van der Waals surface area contributed by atoms with Crippen LogP contribution in [0, 0.1) is 23.7 Å². The van der Waals surface area contributed by atoms with Crippen molar-refractivity contribution in [3.05, 3.63) is 28.8 Å². The number of likely N-dealkylation sites (N-methyl/N-ethyl adjacent to an activating group) is 1. The zero-order valence-corrected chi connectivity index (χ0v) is 21.8. The van der Waals surface area contributed by atoms with Gasteiger partial charge in [-0.25, -0.2) is 0 Å². The van der Waals surface area contributed by atoms with E-state index in [1.807, 2.05) is 20.8 Å². The molecule has 2 saturated carbocycles. The molecule has 0 saturated heterocycles. The zero-order valence-electron chi connectivity index (χ0n) is 21.8. The van der Waals surface area contributed by atoms with E-state index in [0.29, 0.717) is 17.5 Å². The van der Waals surface area contributed by atoms with E-state index >= 15 is 0 Å². The molecule has 3 aliphatic rings. The fourth-order valence-corrected chi connectivity index (χ4v) is 6.73. The van der Waals surface area contributed by atoms with Gasteiger partial charge < -0.3 is 21.1 Å². The second-order valence-corrected chi connectivity index (χ2v) is 11.5. The molecule has 5 N–H and O–H groups in total. The number of fused-ring (bicyclic) bond motifs is 3. The summed E-state index contributed by atoms with van der Waals surface area (Å²) in [5.41, 5.74) is 2.70. The predicted molar refractivity (Wildman–Crippen MR) is 131 cm³/mol. The number of hydrogen-bond acceptors (Lipinski definition) is 9. The van der Waals surface area contributed by atoms with Gasteiger partial charge in [-0.2, -0.15) is 0 Å². The number of benzene rings is 1. The van der Waals surface area contributed by atoms with E-state index in [1.54, 1.807) is 19.1 Å². The molecule has 1 aromatic rings. The smallest absolute Gasteiger partial charge is 0.235 e. The van der Waals surface area contributed by atoms with E-state index < -0.39 is 81.8 Å². The highest BCUT2D eigenvalue weighted by atomic mass is 16.3. The number of aliphatic hydroxyl groups is 2. The molecule has 1 amide bonds. The summed E-state index contributed by atoms with van der Waals surface area (Å²) < 4.78 is 0. The van der Waals surface area contributed by atoms with Crippen LogP contribution >= 0.6 is 0 Å². The minimum Gasteiger partial charge on any atom is -0.507 e. The molecule has 0 heterocycles. The fourth-order valence-electron chi connectivity index (χ4n) is 6.73. The Kier molecular flexibility index (Phi) is 6.25. The van der Waals surface area contributed by atoms with E-state index in [2.05, 4.69) is 0 Å². The van der Waals surface area contributed by atoms with Crippen LogP contribution in [0.4, 0.5) is 0 Å². The molecule has 2 fully saturated rings. The molecule has 0 aromatic heterocycles. The monoisotopic (exact) mass is 514 g/mol. The minimum atomic E-state index is -2.99. The van der Waals surface area contributed by atoms with Gasteiger partial charge in [0.05, 0.1) is 29.5 Å². The maximum atomic E-state index is 14.0. The first-order chi connectivity index (χ1) is 17.0. The fraction of sp³-hybridized carbons (Fsp3) is 0.593. The van der Waals surface area contributed by atoms with Gasteiger partial charge in [0.2, 0.25) is 5.91 Å². The molecule has 2 unspecified atom stereocenters. The molecular weight excluding hydrogens is 480 g/mol. The zero-order chi connectivity index (χ0) is 27.9. The summed E-state index contributed by atoms with van der Waals surface area (Å²) in [4.78, 5) is 67.8. The van der Waals surface area contributed by atoms with Crippen LogP contribution in [0.2, 0.25) is 0 Å². The van der Waals surface area contributed by atoms with E-state index in [-0.39, 0.29) is 11.3 Å². The van der Waals surface area contributed by atoms with Crippen molar-refractivity contribution in [3.8, 4) is 5.75 Å². The van der Waals surface area contributed by atoms with Gasteiger partial charge in [-0.15, -0.1) is 0 Å². The number of ketones is 4. The number of primary amides is 1. The maximum absolute atomic E-state index is 14.0. The molecule has 10 nitrogen and oxygen atoms in total. The Hall–Kier alpha value is -2.95. The lowest BCUT2D eigenvalue weighted by Crippen LogP contribution is -2.77. The topological polar surface area (TPSA) is 175 Å². The summed E-state index contributed by atoms with van der Waals surface area (Å²) >= 11 is 0. The first-order valence-electron chi connectivity index (χ1n) is 12.4. The van der Waals surface area contributed by atoms with Crippen LogP contribution in [0.25, 0.3) is 0 Å². The molecule has 0 aliphatic heterocycles. The van der Waals surface area contributed by atoms with Crippen LogP contribution in [0.5, 0.6) is 5.75 Å². The highest BCUT2D eigenvalue weighted by Gasteiger charge is 2.72. The first-order valence-corrected chi connectivity index (χ1v) is 12.4. The lowest BCUT2D eigenvalue weighted by atomic mass is 9.49. The molecule has 0 spiro atoms. The molecule has 0 bridgehead atoms. The minimum absolute atomic E-state index is 0.0784. The Morgan fingerprint density at radius 2 is 1.73 bits per heavy atom. The van der Waals surface area contributed by atoms with Crippen molar-refractivity contribution in [2.45, 2.75) is 63.2 Å². The number of hydrogen-bond donors (Lipinski definition) is 4. The third kappa shape index (κ3) is 3.38. The van der Waals surface area contributed by atoms with E-state index in [0.717, 1.165) is 0 Å². The van der Waals surface area contributed by atoms with E-state index in [1.165, 1.54) is 19.0 Å². The normalized spacial score (nSPS) is 35.8. The number of nitrogens with two attached hydrogens (primary N) is 1. The number of carbonyl (C=O) groups excluding carboxylic acids is 5. The quantitative estimate of drug-likeness (QED) is 0.406. The molecule has 1 aromatic carbocycles. The Morgan fingerprint density at radius 3 is 2.24 bits per heavy atom. The summed E-state index contributed by atoms with van der Waals surface area (Å²) in [6.07, 6.45) is -0.986. The molecule has 4 rings (SSSR count). The van der Waals surface area contributed by atoms with Crippen molar-refractivity contribution in [1.82, 2.24) is 4.90 Å². The summed E-state index contributed by atoms with van der Waals surface area (Å²) in [5.74, 6) is -13.0. The van der Waals surface area contributed by atoms with Gasteiger partial charge in [0.25, 0.3) is 0 Å². The van der Waals surface area contributed by atoms with E-state index in [9.17, 15) is 39.3 Å². The number of nitrogens with zero attached hydrogens (tertiary/aromatic N) is 1. The Morgan fingerprint density at radius 1 is 1.14 bits per heavy atom. The number of aliphatic hydroxyl groups excluding tert-OH is 1. The van der Waals surface area contributed by atoms with Gasteiger partial charge in [-0.3, -0.25) is 28.9 Å². The number of Topliss-reactive ketones (excluding diaryl/α,β-unsaturated/α-hetero) is 4. The maximum Gasteiger partial charge on any atom is 0.235 e. The van der Waals surface area contributed by atoms with Gasteiger partial charge in [0.1, 0.15) is 5.75 Å². The van der Waals surface area contributed by atoms with Crippen molar-refractivity contribution in [2.75, 3.05) is 14.1 Å². The summed E-state index contributed by atoms with van der Waals surface area (Å²) in [6.45, 7) is 7.43. The third-order valence-electron chi connectivity index (χ3n) is 9.10. The number of rotatable bonds is 4. The van der Waals surface area contributed by atoms with Crippen LogP contribution in [-0.4, -0.2) is 81.1 Å². The number of carbonyl (C=O) groups is 5. The van der Waals surface area contributed by atoms with Crippen LogP contribution in [-0.2, 0) is 24.6 Å². The van der Waals surface area contributed by atoms with Gasteiger partial charge >= 0.3 is 0 Å². The van der Waals surface area contributed by atoms with Crippen LogP contribution in [0.15, 0.2) is 12.1 Å². The standard InChI is InChI=1S/C27H34N2O8/c1-7-26(3,4)12-9-8-11-10(2)13-15(20(31)14(11)19(12)30)23(34)27(37)17(21(13)32)18(29(5)6)22(33)16(24(27)35)25(28)36/h8-10,13,15-18,21,30,32,37H,7H2,1-6H3,(H2,28,36)/t10-,13+,15?,16?,17+,18-,21-,27-/m1/s1. The van der Waals surface area contributed by atoms with Gasteiger partial charge in [-0.05, 0) is 37.4 Å². The van der Waals surface area contributed by atoms with Crippen molar-refractivity contribution < 1.29 is 39.3 Å². The molecule has 10 heteroatoms. The first kappa shape index (κ1) is 27.1. The summed E-state index contributed by atoms with van der Waals surface area (Å²) in [7, 11) is 2.92. The largest absolute Gasteiger partial charge is 0.507 e. The van der Waals surface area contributed by atoms with Crippen LogP contribution < -0.4 is 5.73 Å². The lowest BCUT2D eigenvalue weighted by molar-refractivity contribution is -0.196. The van der Waals surface area contributed by atoms with Gasteiger partial charge in [-0.1, -0.05) is 39.8 Å². The lowest BCUT2D eigenvalue weighted by Gasteiger charge is -2.56. The predicted octanol–water partition coefficient (Wildman–Crippen LogP) is 0.0864.